The summed E-state index contributed by atoms with van der Waals surface area (Å²) in [5.74, 6) is -0.211. The first-order valence-corrected chi connectivity index (χ1v) is 10.7. The summed E-state index contributed by atoms with van der Waals surface area (Å²) in [5, 5.41) is 3.18. The minimum Gasteiger partial charge on any atom is -0.369 e. The first kappa shape index (κ1) is 20.2. The third-order valence-electron chi connectivity index (χ3n) is 5.75. The molecule has 0 aromatic heterocycles. The van der Waals surface area contributed by atoms with Crippen LogP contribution in [0.4, 0.5) is 5.69 Å². The van der Waals surface area contributed by atoms with E-state index >= 15 is 0 Å². The van der Waals surface area contributed by atoms with Gasteiger partial charge in [-0.25, -0.2) is 0 Å². The number of hydrogen-bond donors (Lipinski definition) is 1. The van der Waals surface area contributed by atoms with Crippen LogP contribution in [-0.2, 0) is 4.79 Å². The van der Waals surface area contributed by atoms with E-state index in [1.54, 1.807) is 0 Å². The molecular weight excluding hydrogens is 370 g/mol. The monoisotopic (exact) mass is 399 g/mol. The van der Waals surface area contributed by atoms with Gasteiger partial charge in [0.25, 0.3) is 0 Å². The number of anilines is 1. The molecule has 1 heterocycles. The van der Waals surface area contributed by atoms with E-state index in [0.29, 0.717) is 6.54 Å². The minimum atomic E-state index is -0.276. The first-order valence-electron chi connectivity index (χ1n) is 10.7. The van der Waals surface area contributed by atoms with Crippen molar-refractivity contribution in [2.75, 3.05) is 44.2 Å². The van der Waals surface area contributed by atoms with Gasteiger partial charge in [-0.2, -0.15) is 0 Å². The average molecular weight is 400 g/mol. The van der Waals surface area contributed by atoms with Crippen LogP contribution in [0.15, 0.2) is 91.0 Å². The number of piperazine rings is 1. The molecule has 0 unspecified atom stereocenters. The van der Waals surface area contributed by atoms with Crippen molar-refractivity contribution in [3.05, 3.63) is 102 Å². The van der Waals surface area contributed by atoms with Crippen LogP contribution in [0.25, 0.3) is 0 Å². The zero-order chi connectivity index (χ0) is 20.6. The molecule has 0 spiro atoms. The van der Waals surface area contributed by atoms with Gasteiger partial charge in [0.15, 0.2) is 0 Å². The molecule has 0 atom stereocenters. The predicted molar refractivity (Wildman–Crippen MR) is 123 cm³/mol. The smallest absolute Gasteiger partial charge is 0.232 e. The van der Waals surface area contributed by atoms with E-state index in [2.05, 4.69) is 45.4 Å². The summed E-state index contributed by atoms with van der Waals surface area (Å²) in [5.41, 5.74) is 3.34. The molecule has 1 aliphatic rings. The van der Waals surface area contributed by atoms with Gasteiger partial charge in [0.1, 0.15) is 0 Å². The molecule has 30 heavy (non-hydrogen) atoms. The largest absolute Gasteiger partial charge is 0.369 e. The topological polar surface area (TPSA) is 35.6 Å². The lowest BCUT2D eigenvalue weighted by molar-refractivity contribution is -0.121. The van der Waals surface area contributed by atoms with E-state index in [0.717, 1.165) is 43.9 Å². The van der Waals surface area contributed by atoms with Crippen molar-refractivity contribution < 1.29 is 4.79 Å². The van der Waals surface area contributed by atoms with Crippen LogP contribution < -0.4 is 10.2 Å². The van der Waals surface area contributed by atoms with Gasteiger partial charge in [0, 0.05) is 45.0 Å². The summed E-state index contributed by atoms with van der Waals surface area (Å²) in [4.78, 5) is 17.9. The molecule has 1 fully saturated rings. The maximum absolute atomic E-state index is 13.1. The second-order valence-electron chi connectivity index (χ2n) is 7.71. The average Bonchev–Trinajstić information content (AvgIpc) is 2.82. The van der Waals surface area contributed by atoms with Gasteiger partial charge in [-0.3, -0.25) is 9.69 Å². The highest BCUT2D eigenvalue weighted by molar-refractivity contribution is 5.87. The number of benzene rings is 3. The molecule has 0 saturated carbocycles. The molecule has 3 aromatic rings. The minimum absolute atomic E-state index is 0.0651. The van der Waals surface area contributed by atoms with E-state index in [4.69, 9.17) is 0 Å². The van der Waals surface area contributed by atoms with E-state index in [-0.39, 0.29) is 11.8 Å². The number of nitrogens with one attached hydrogen (secondary N) is 1. The Morgan fingerprint density at radius 2 is 1.23 bits per heavy atom. The van der Waals surface area contributed by atoms with Crippen LogP contribution in [0.5, 0.6) is 0 Å². The highest BCUT2D eigenvalue weighted by Crippen LogP contribution is 2.24. The molecule has 0 aliphatic carbocycles. The van der Waals surface area contributed by atoms with Gasteiger partial charge in [-0.1, -0.05) is 78.9 Å². The maximum Gasteiger partial charge on any atom is 0.232 e. The highest BCUT2D eigenvalue weighted by atomic mass is 16.1. The molecule has 0 radical (unpaired) electrons. The van der Waals surface area contributed by atoms with Crippen molar-refractivity contribution in [1.29, 1.82) is 0 Å². The van der Waals surface area contributed by atoms with Crippen molar-refractivity contribution in [3.8, 4) is 0 Å². The fourth-order valence-corrected chi connectivity index (χ4v) is 4.09. The van der Waals surface area contributed by atoms with Gasteiger partial charge in [0.2, 0.25) is 5.91 Å². The van der Waals surface area contributed by atoms with Gasteiger partial charge in [-0.05, 0) is 23.3 Å². The molecule has 1 aliphatic heterocycles. The molecule has 4 heteroatoms. The van der Waals surface area contributed by atoms with E-state index in [1.807, 2.05) is 60.7 Å². The molecule has 3 aromatic carbocycles. The number of carbonyl (C=O) groups is 1. The zero-order valence-electron chi connectivity index (χ0n) is 17.3. The Labute approximate surface area is 179 Å². The molecule has 1 saturated heterocycles. The predicted octanol–water partition coefficient (Wildman–Crippen LogP) is 3.76. The third-order valence-corrected chi connectivity index (χ3v) is 5.75. The third kappa shape index (κ3) is 5.08. The number of rotatable bonds is 7. The Balaban J connectivity index is 1.30. The van der Waals surface area contributed by atoms with E-state index in [1.165, 1.54) is 5.69 Å². The van der Waals surface area contributed by atoms with E-state index in [9.17, 15) is 4.79 Å². The van der Waals surface area contributed by atoms with Gasteiger partial charge in [-0.15, -0.1) is 0 Å². The van der Waals surface area contributed by atoms with Gasteiger partial charge >= 0.3 is 0 Å². The quantitative estimate of drug-likeness (QED) is 0.657. The van der Waals surface area contributed by atoms with Crippen LogP contribution >= 0.6 is 0 Å². The summed E-state index contributed by atoms with van der Waals surface area (Å²) >= 11 is 0. The normalized spacial score (nSPS) is 14.6. The van der Waals surface area contributed by atoms with E-state index < -0.39 is 0 Å². The Morgan fingerprint density at radius 1 is 0.733 bits per heavy atom. The molecule has 1 amide bonds. The highest BCUT2D eigenvalue weighted by Gasteiger charge is 2.23. The summed E-state index contributed by atoms with van der Waals surface area (Å²) in [6, 6.07) is 30.6. The second-order valence-corrected chi connectivity index (χ2v) is 7.71. The molecule has 154 valence electrons. The number of hydrogen-bond acceptors (Lipinski definition) is 3. The van der Waals surface area contributed by atoms with Crippen LogP contribution in [-0.4, -0.2) is 50.1 Å². The number of para-hydroxylation sites is 1. The van der Waals surface area contributed by atoms with Gasteiger partial charge < -0.3 is 10.2 Å². The summed E-state index contributed by atoms with van der Waals surface area (Å²) in [6.07, 6.45) is 0. The first-order chi connectivity index (χ1) is 14.8. The lowest BCUT2D eigenvalue weighted by atomic mass is 9.90. The second kappa shape index (κ2) is 10.1. The fraction of sp³-hybridized carbons (Fsp3) is 0.269. The molecule has 1 N–H and O–H groups in total. The van der Waals surface area contributed by atoms with Crippen LogP contribution in [0.1, 0.15) is 17.0 Å². The Kier molecular flexibility index (Phi) is 6.78. The van der Waals surface area contributed by atoms with Crippen molar-refractivity contribution in [3.63, 3.8) is 0 Å². The van der Waals surface area contributed by atoms with Crippen LogP contribution in [0, 0.1) is 0 Å². The van der Waals surface area contributed by atoms with Crippen LogP contribution in [0.3, 0.4) is 0 Å². The molecule has 0 bridgehead atoms. The maximum atomic E-state index is 13.1. The van der Waals surface area contributed by atoms with Crippen LogP contribution in [0.2, 0.25) is 0 Å². The van der Waals surface area contributed by atoms with Crippen molar-refractivity contribution >= 4 is 11.6 Å². The standard InChI is InChI=1S/C26H29N3O/c30-26(25(22-10-4-1-5-11-22)23-12-6-2-7-13-23)27-16-17-28-18-20-29(21-19-28)24-14-8-3-9-15-24/h1-15,25H,16-21H2,(H,27,30). The summed E-state index contributed by atoms with van der Waals surface area (Å²) < 4.78 is 0. The van der Waals surface area contributed by atoms with Crippen molar-refractivity contribution in [2.24, 2.45) is 0 Å². The Bertz CT molecular complexity index is 867. The summed E-state index contributed by atoms with van der Waals surface area (Å²) in [6.45, 7) is 5.63. The Hall–Kier alpha value is -3.11. The number of carbonyl (C=O) groups excluding carboxylic acids is 1. The van der Waals surface area contributed by atoms with Gasteiger partial charge in [0.05, 0.1) is 5.92 Å². The number of amides is 1. The molecule has 4 rings (SSSR count). The van der Waals surface area contributed by atoms with Crippen molar-refractivity contribution in [1.82, 2.24) is 10.2 Å². The summed E-state index contributed by atoms with van der Waals surface area (Å²) in [7, 11) is 0. The van der Waals surface area contributed by atoms with Crippen molar-refractivity contribution in [2.45, 2.75) is 5.92 Å². The Morgan fingerprint density at radius 3 is 1.77 bits per heavy atom. The lowest BCUT2D eigenvalue weighted by Gasteiger charge is -2.36. The SMILES string of the molecule is O=C(NCCN1CCN(c2ccccc2)CC1)C(c1ccccc1)c1ccccc1. The molecule has 4 nitrogen and oxygen atoms in total. The zero-order valence-corrected chi connectivity index (χ0v) is 17.3. The number of nitrogens with zero attached hydrogens (tertiary/aromatic N) is 2. The lowest BCUT2D eigenvalue weighted by Crippen LogP contribution is -2.48. The fourth-order valence-electron chi connectivity index (χ4n) is 4.09. The molecular formula is C26H29N3O.